The zero-order chi connectivity index (χ0) is 13.1. The summed E-state index contributed by atoms with van der Waals surface area (Å²) in [6, 6.07) is 11.4. The van der Waals surface area contributed by atoms with E-state index in [0.29, 0.717) is 17.3 Å². The van der Waals surface area contributed by atoms with Gasteiger partial charge in [-0.15, -0.1) is 0 Å². The lowest BCUT2D eigenvalue weighted by Gasteiger charge is -2.12. The number of benzene rings is 2. The normalized spacial score (nSPS) is 10.4. The van der Waals surface area contributed by atoms with Crippen LogP contribution >= 0.6 is 27.5 Å². The molecule has 0 heterocycles. The van der Waals surface area contributed by atoms with E-state index in [9.17, 15) is 0 Å². The smallest absolute Gasteiger partial charge is 0.146 e. The molecule has 2 aromatic rings. The van der Waals surface area contributed by atoms with Gasteiger partial charge < -0.3 is 10.5 Å². The van der Waals surface area contributed by atoms with Gasteiger partial charge in [0.25, 0.3) is 0 Å². The summed E-state index contributed by atoms with van der Waals surface area (Å²) in [7, 11) is 0. The molecule has 0 saturated carbocycles. The molecule has 2 rings (SSSR count). The second-order valence-corrected chi connectivity index (χ2v) is 5.31. The van der Waals surface area contributed by atoms with Gasteiger partial charge in [-0.25, -0.2) is 0 Å². The Hall–Kier alpha value is -1.03. The molecule has 18 heavy (non-hydrogen) atoms. The van der Waals surface area contributed by atoms with Gasteiger partial charge in [0.15, 0.2) is 0 Å². The Kier molecular flexibility index (Phi) is 4.27. The monoisotopic (exact) mass is 325 g/mol. The van der Waals surface area contributed by atoms with Crippen molar-refractivity contribution in [3.63, 3.8) is 0 Å². The molecule has 0 aliphatic heterocycles. The van der Waals surface area contributed by atoms with E-state index in [1.165, 1.54) is 0 Å². The highest BCUT2D eigenvalue weighted by Gasteiger charge is 2.07. The first kappa shape index (κ1) is 13.4. The van der Waals surface area contributed by atoms with Crippen LogP contribution < -0.4 is 10.5 Å². The molecule has 0 aromatic heterocycles. The fraction of sp³-hybridized carbons (Fsp3) is 0.143. The number of hydrogen-bond donors (Lipinski definition) is 1. The molecular weight excluding hydrogens is 314 g/mol. The Morgan fingerprint density at radius 3 is 2.56 bits per heavy atom. The lowest BCUT2D eigenvalue weighted by molar-refractivity contribution is 0.476. The van der Waals surface area contributed by atoms with Crippen LogP contribution in [0.4, 0.5) is 0 Å². The summed E-state index contributed by atoms with van der Waals surface area (Å²) < 4.78 is 6.73. The van der Waals surface area contributed by atoms with E-state index in [2.05, 4.69) is 15.9 Å². The van der Waals surface area contributed by atoms with Crippen LogP contribution in [-0.2, 0) is 6.54 Å². The Morgan fingerprint density at radius 1 is 1.17 bits per heavy atom. The van der Waals surface area contributed by atoms with E-state index >= 15 is 0 Å². The van der Waals surface area contributed by atoms with Crippen LogP contribution in [0, 0.1) is 6.92 Å². The Morgan fingerprint density at radius 2 is 1.89 bits per heavy atom. The molecule has 0 unspecified atom stereocenters. The summed E-state index contributed by atoms with van der Waals surface area (Å²) in [5.41, 5.74) is 7.84. The summed E-state index contributed by atoms with van der Waals surface area (Å²) in [5, 5.41) is 0.563. The minimum absolute atomic E-state index is 0.436. The van der Waals surface area contributed by atoms with Crippen molar-refractivity contribution >= 4 is 27.5 Å². The SMILES string of the molecule is Cc1ccc(Oc2ccc(Br)cc2Cl)c(CN)c1. The lowest BCUT2D eigenvalue weighted by Crippen LogP contribution is -2.00. The molecule has 4 heteroatoms. The van der Waals surface area contributed by atoms with Crippen molar-refractivity contribution in [1.29, 1.82) is 0 Å². The molecule has 0 aliphatic rings. The van der Waals surface area contributed by atoms with E-state index in [1.54, 1.807) is 6.07 Å². The molecule has 0 amide bonds. The van der Waals surface area contributed by atoms with Gasteiger partial charge in [0.2, 0.25) is 0 Å². The van der Waals surface area contributed by atoms with Gasteiger partial charge in [-0.1, -0.05) is 45.2 Å². The minimum atomic E-state index is 0.436. The minimum Gasteiger partial charge on any atom is -0.455 e. The van der Waals surface area contributed by atoms with Crippen LogP contribution in [0.3, 0.4) is 0 Å². The van der Waals surface area contributed by atoms with Crippen molar-refractivity contribution in [2.75, 3.05) is 0 Å². The molecule has 0 radical (unpaired) electrons. The first-order chi connectivity index (χ1) is 8.60. The van der Waals surface area contributed by atoms with Crippen LogP contribution in [0.25, 0.3) is 0 Å². The van der Waals surface area contributed by atoms with Crippen molar-refractivity contribution in [3.05, 3.63) is 57.0 Å². The fourth-order valence-corrected chi connectivity index (χ4v) is 2.36. The number of ether oxygens (including phenoxy) is 1. The van der Waals surface area contributed by atoms with Crippen LogP contribution in [0.1, 0.15) is 11.1 Å². The number of aryl methyl sites for hydroxylation is 1. The fourth-order valence-electron chi connectivity index (χ4n) is 1.64. The second kappa shape index (κ2) is 5.74. The van der Waals surface area contributed by atoms with E-state index in [0.717, 1.165) is 21.3 Å². The largest absolute Gasteiger partial charge is 0.455 e. The molecule has 0 atom stereocenters. The van der Waals surface area contributed by atoms with Gasteiger partial charge in [-0.05, 0) is 31.2 Å². The summed E-state index contributed by atoms with van der Waals surface area (Å²) in [6.45, 7) is 2.46. The third kappa shape index (κ3) is 3.05. The Labute approximate surface area is 120 Å². The molecule has 94 valence electrons. The predicted molar refractivity (Wildman–Crippen MR) is 78.3 cm³/mol. The van der Waals surface area contributed by atoms with Gasteiger partial charge in [0.05, 0.1) is 5.02 Å². The Balaban J connectivity index is 2.33. The van der Waals surface area contributed by atoms with Crippen molar-refractivity contribution < 1.29 is 4.74 Å². The third-order valence-electron chi connectivity index (χ3n) is 2.55. The van der Waals surface area contributed by atoms with Crippen molar-refractivity contribution in [3.8, 4) is 11.5 Å². The standard InChI is InChI=1S/C14H13BrClNO/c1-9-2-4-13(10(6-9)8-17)18-14-5-3-11(15)7-12(14)16/h2-7H,8,17H2,1H3. The van der Waals surface area contributed by atoms with E-state index in [1.807, 2.05) is 37.3 Å². The van der Waals surface area contributed by atoms with Crippen LogP contribution in [0.15, 0.2) is 40.9 Å². The molecule has 0 aliphatic carbocycles. The molecular formula is C14H13BrClNO. The molecule has 0 saturated heterocycles. The van der Waals surface area contributed by atoms with Gasteiger partial charge >= 0.3 is 0 Å². The maximum Gasteiger partial charge on any atom is 0.146 e. The van der Waals surface area contributed by atoms with Crippen molar-refractivity contribution in [2.24, 2.45) is 5.73 Å². The third-order valence-corrected chi connectivity index (χ3v) is 3.34. The van der Waals surface area contributed by atoms with Gasteiger partial charge in [-0.3, -0.25) is 0 Å². The van der Waals surface area contributed by atoms with Crippen molar-refractivity contribution in [1.82, 2.24) is 0 Å². The number of halogens is 2. The maximum atomic E-state index is 6.12. The summed E-state index contributed by atoms with van der Waals surface area (Å²) >= 11 is 9.48. The highest BCUT2D eigenvalue weighted by Crippen LogP contribution is 2.33. The second-order valence-electron chi connectivity index (χ2n) is 3.99. The molecule has 2 N–H and O–H groups in total. The average Bonchev–Trinajstić information content (AvgIpc) is 2.34. The summed E-state index contributed by atoms with van der Waals surface area (Å²) in [6.07, 6.45) is 0. The van der Waals surface area contributed by atoms with Crippen molar-refractivity contribution in [2.45, 2.75) is 13.5 Å². The first-order valence-corrected chi connectivity index (χ1v) is 6.70. The topological polar surface area (TPSA) is 35.2 Å². The number of nitrogens with two attached hydrogens (primary N) is 1. The molecule has 2 nitrogen and oxygen atoms in total. The van der Waals surface area contributed by atoms with Gasteiger partial charge in [0.1, 0.15) is 11.5 Å². The van der Waals surface area contributed by atoms with E-state index in [-0.39, 0.29) is 0 Å². The first-order valence-electron chi connectivity index (χ1n) is 5.52. The number of hydrogen-bond acceptors (Lipinski definition) is 2. The summed E-state index contributed by atoms with van der Waals surface area (Å²) in [4.78, 5) is 0. The molecule has 0 spiro atoms. The highest BCUT2D eigenvalue weighted by atomic mass is 79.9. The molecule has 2 aromatic carbocycles. The maximum absolute atomic E-state index is 6.12. The van der Waals surface area contributed by atoms with E-state index < -0.39 is 0 Å². The Bertz CT molecular complexity index is 572. The number of rotatable bonds is 3. The van der Waals surface area contributed by atoms with Crippen LogP contribution in [0.2, 0.25) is 5.02 Å². The van der Waals surface area contributed by atoms with Gasteiger partial charge in [0, 0.05) is 16.6 Å². The summed E-state index contributed by atoms with van der Waals surface area (Å²) in [5.74, 6) is 1.37. The predicted octanol–water partition coefficient (Wildman–Crippen LogP) is 4.66. The van der Waals surface area contributed by atoms with Crippen LogP contribution in [-0.4, -0.2) is 0 Å². The molecule has 0 bridgehead atoms. The van der Waals surface area contributed by atoms with E-state index in [4.69, 9.17) is 22.1 Å². The zero-order valence-corrected chi connectivity index (χ0v) is 12.3. The average molecular weight is 327 g/mol. The highest BCUT2D eigenvalue weighted by molar-refractivity contribution is 9.10. The molecule has 0 fully saturated rings. The lowest BCUT2D eigenvalue weighted by atomic mass is 10.1. The van der Waals surface area contributed by atoms with Crippen LogP contribution in [0.5, 0.6) is 11.5 Å². The quantitative estimate of drug-likeness (QED) is 0.890. The zero-order valence-electron chi connectivity index (χ0n) is 9.91. The van der Waals surface area contributed by atoms with Gasteiger partial charge in [-0.2, -0.15) is 0 Å².